The summed E-state index contributed by atoms with van der Waals surface area (Å²) in [4.78, 5) is 28.5. The third-order valence-electron chi connectivity index (χ3n) is 4.69. The van der Waals surface area contributed by atoms with Gasteiger partial charge in [0.15, 0.2) is 0 Å². The fourth-order valence-corrected chi connectivity index (χ4v) is 3.18. The molecule has 0 bridgehead atoms. The summed E-state index contributed by atoms with van der Waals surface area (Å²) in [7, 11) is 1.70. The third kappa shape index (κ3) is 5.06. The van der Waals surface area contributed by atoms with Crippen LogP contribution in [0.15, 0.2) is 24.3 Å². The zero-order valence-electron chi connectivity index (χ0n) is 15.2. The number of carbonyl (C=O) groups excluding carboxylic acids is 2. The second kappa shape index (κ2) is 8.29. The molecular weight excluding hydrogens is 302 g/mol. The number of likely N-dealkylation sites (N-methyl/N-ethyl adjacent to an activating group) is 1. The van der Waals surface area contributed by atoms with Gasteiger partial charge >= 0.3 is 0 Å². The Kier molecular flexibility index (Phi) is 6.37. The van der Waals surface area contributed by atoms with Crippen molar-refractivity contribution >= 4 is 17.5 Å². The van der Waals surface area contributed by atoms with Crippen molar-refractivity contribution in [3.05, 3.63) is 29.8 Å². The van der Waals surface area contributed by atoms with Crippen molar-refractivity contribution in [1.82, 2.24) is 9.80 Å². The Balaban J connectivity index is 1.85. The van der Waals surface area contributed by atoms with Crippen molar-refractivity contribution in [3.63, 3.8) is 0 Å². The summed E-state index contributed by atoms with van der Waals surface area (Å²) in [5.41, 5.74) is 1.90. The van der Waals surface area contributed by atoms with E-state index in [0.717, 1.165) is 30.8 Å². The summed E-state index contributed by atoms with van der Waals surface area (Å²) < 4.78 is 0. The zero-order chi connectivity index (χ0) is 17.7. The minimum Gasteiger partial charge on any atom is -0.335 e. The molecule has 1 N–H and O–H groups in total. The maximum Gasteiger partial charge on any atom is 0.243 e. The number of piperidine rings is 1. The molecule has 5 heteroatoms. The molecule has 0 aromatic heterocycles. The summed E-state index contributed by atoms with van der Waals surface area (Å²) in [5, 5.41) is 2.83. The monoisotopic (exact) mass is 331 g/mol. The number of nitrogens with zero attached hydrogens (tertiary/aromatic N) is 2. The van der Waals surface area contributed by atoms with Crippen molar-refractivity contribution in [1.29, 1.82) is 0 Å². The number of hydrogen-bond donors (Lipinski definition) is 1. The summed E-state index contributed by atoms with van der Waals surface area (Å²) in [6.45, 7) is 8.15. The molecule has 0 spiro atoms. The maximum absolute atomic E-state index is 12.6. The minimum atomic E-state index is -0.176. The lowest BCUT2D eigenvalue weighted by Gasteiger charge is -2.36. The third-order valence-corrected chi connectivity index (χ3v) is 4.69. The lowest BCUT2D eigenvalue weighted by molar-refractivity contribution is -0.138. The lowest BCUT2D eigenvalue weighted by Crippen LogP contribution is -2.50. The van der Waals surface area contributed by atoms with E-state index in [1.165, 1.54) is 11.3 Å². The van der Waals surface area contributed by atoms with Gasteiger partial charge in [0.25, 0.3) is 0 Å². The van der Waals surface area contributed by atoms with Gasteiger partial charge in [-0.1, -0.05) is 24.6 Å². The Bertz CT molecular complexity index is 570. The SMILES string of the molecule is Cc1ccc(NC(=O)CN(C)C(=O)[C@H](C)N2CCC[C@@H](C)C2)cc1. The fraction of sp³-hybridized carbons (Fsp3) is 0.579. The molecule has 0 radical (unpaired) electrons. The van der Waals surface area contributed by atoms with Crippen LogP contribution in [-0.2, 0) is 9.59 Å². The van der Waals surface area contributed by atoms with Crippen molar-refractivity contribution in [2.24, 2.45) is 5.92 Å². The van der Waals surface area contributed by atoms with Gasteiger partial charge in [0.1, 0.15) is 0 Å². The van der Waals surface area contributed by atoms with Gasteiger partial charge in [0.2, 0.25) is 11.8 Å². The van der Waals surface area contributed by atoms with Crippen LogP contribution in [-0.4, -0.2) is 54.3 Å². The molecule has 24 heavy (non-hydrogen) atoms. The number of aryl methyl sites for hydroxylation is 1. The van der Waals surface area contributed by atoms with Gasteiger partial charge in [0.05, 0.1) is 12.6 Å². The summed E-state index contributed by atoms with van der Waals surface area (Å²) in [5.74, 6) is 0.459. The highest BCUT2D eigenvalue weighted by molar-refractivity contribution is 5.95. The van der Waals surface area contributed by atoms with Crippen molar-refractivity contribution in [2.45, 2.75) is 39.7 Å². The molecule has 132 valence electrons. The Morgan fingerprint density at radius 1 is 1.33 bits per heavy atom. The maximum atomic E-state index is 12.6. The van der Waals surface area contributed by atoms with E-state index >= 15 is 0 Å². The van der Waals surface area contributed by atoms with E-state index in [1.54, 1.807) is 7.05 Å². The van der Waals surface area contributed by atoms with E-state index in [0.29, 0.717) is 5.92 Å². The van der Waals surface area contributed by atoms with Gasteiger partial charge in [-0.25, -0.2) is 0 Å². The molecule has 1 fully saturated rings. The number of carbonyl (C=O) groups is 2. The molecule has 0 saturated carbocycles. The van der Waals surface area contributed by atoms with Gasteiger partial charge in [-0.05, 0) is 51.3 Å². The van der Waals surface area contributed by atoms with Gasteiger partial charge in [0, 0.05) is 19.3 Å². The van der Waals surface area contributed by atoms with Gasteiger partial charge in [-0.2, -0.15) is 0 Å². The van der Waals surface area contributed by atoms with E-state index in [9.17, 15) is 9.59 Å². The van der Waals surface area contributed by atoms with E-state index in [4.69, 9.17) is 0 Å². The minimum absolute atomic E-state index is 0.00292. The van der Waals surface area contributed by atoms with Gasteiger partial charge in [-0.3, -0.25) is 14.5 Å². The smallest absolute Gasteiger partial charge is 0.243 e. The predicted molar refractivity (Wildman–Crippen MR) is 96.9 cm³/mol. The van der Waals surface area contributed by atoms with Crippen LogP contribution in [0.4, 0.5) is 5.69 Å². The van der Waals surface area contributed by atoms with Crippen LogP contribution in [0.25, 0.3) is 0 Å². The van der Waals surface area contributed by atoms with E-state index < -0.39 is 0 Å². The van der Waals surface area contributed by atoms with Crippen LogP contribution in [0.3, 0.4) is 0 Å². The van der Waals surface area contributed by atoms with E-state index in [1.807, 2.05) is 38.1 Å². The lowest BCUT2D eigenvalue weighted by atomic mass is 9.99. The molecule has 0 aliphatic carbocycles. The van der Waals surface area contributed by atoms with Crippen molar-refractivity contribution in [2.75, 3.05) is 32.0 Å². The van der Waals surface area contributed by atoms with Gasteiger partial charge in [-0.15, -0.1) is 0 Å². The molecule has 1 aliphatic heterocycles. The van der Waals surface area contributed by atoms with Crippen LogP contribution in [0, 0.1) is 12.8 Å². The van der Waals surface area contributed by atoms with E-state index in [-0.39, 0.29) is 24.4 Å². The first-order valence-corrected chi connectivity index (χ1v) is 8.72. The Hall–Kier alpha value is -1.88. The number of hydrogen-bond acceptors (Lipinski definition) is 3. The number of nitrogens with one attached hydrogen (secondary N) is 1. The zero-order valence-corrected chi connectivity index (χ0v) is 15.2. The average molecular weight is 331 g/mol. The number of rotatable bonds is 5. The molecule has 2 amide bonds. The summed E-state index contributed by atoms with van der Waals surface area (Å²) >= 11 is 0. The average Bonchev–Trinajstić information content (AvgIpc) is 2.55. The molecule has 1 aromatic rings. The quantitative estimate of drug-likeness (QED) is 0.902. The summed E-state index contributed by atoms with van der Waals surface area (Å²) in [6, 6.07) is 7.46. The molecule has 2 atom stereocenters. The molecule has 0 unspecified atom stereocenters. The molecule has 1 aromatic carbocycles. The molecule has 1 heterocycles. The molecular formula is C19H29N3O2. The number of anilines is 1. The number of amides is 2. The van der Waals surface area contributed by atoms with Crippen LogP contribution in [0.5, 0.6) is 0 Å². The highest BCUT2D eigenvalue weighted by atomic mass is 16.2. The first-order chi connectivity index (χ1) is 11.4. The van der Waals surface area contributed by atoms with E-state index in [2.05, 4.69) is 17.1 Å². The fourth-order valence-electron chi connectivity index (χ4n) is 3.18. The first kappa shape index (κ1) is 18.5. The van der Waals surface area contributed by atoms with Crippen LogP contribution in [0.2, 0.25) is 0 Å². The van der Waals surface area contributed by atoms with Crippen LogP contribution < -0.4 is 5.32 Å². The Morgan fingerprint density at radius 3 is 2.62 bits per heavy atom. The Morgan fingerprint density at radius 2 is 2.00 bits per heavy atom. The Labute approximate surface area is 145 Å². The number of likely N-dealkylation sites (tertiary alicyclic amines) is 1. The topological polar surface area (TPSA) is 52.7 Å². The standard InChI is InChI=1S/C19H29N3O2/c1-14-7-9-17(10-8-14)20-18(23)13-21(4)19(24)16(3)22-11-5-6-15(2)12-22/h7-10,15-16H,5-6,11-13H2,1-4H3,(H,20,23)/t15-,16+/m1/s1. The van der Waals surface area contributed by atoms with Crippen LogP contribution in [0.1, 0.15) is 32.3 Å². The molecule has 1 aliphatic rings. The normalized spacial score (nSPS) is 19.6. The second-order valence-corrected chi connectivity index (χ2v) is 7.03. The second-order valence-electron chi connectivity index (χ2n) is 7.03. The first-order valence-electron chi connectivity index (χ1n) is 8.72. The predicted octanol–water partition coefficient (Wildman–Crippen LogP) is 2.51. The highest BCUT2D eigenvalue weighted by Gasteiger charge is 2.28. The van der Waals surface area contributed by atoms with Gasteiger partial charge < -0.3 is 10.2 Å². The van der Waals surface area contributed by atoms with Crippen LogP contribution >= 0.6 is 0 Å². The van der Waals surface area contributed by atoms with Crippen molar-refractivity contribution in [3.8, 4) is 0 Å². The highest BCUT2D eigenvalue weighted by Crippen LogP contribution is 2.18. The molecule has 1 saturated heterocycles. The number of benzene rings is 1. The summed E-state index contributed by atoms with van der Waals surface area (Å²) in [6.07, 6.45) is 2.36. The largest absolute Gasteiger partial charge is 0.335 e. The van der Waals surface area contributed by atoms with Crippen molar-refractivity contribution < 1.29 is 9.59 Å². The molecule has 5 nitrogen and oxygen atoms in total. The molecule has 2 rings (SSSR count).